The fourth-order valence-corrected chi connectivity index (χ4v) is 2.85. The highest BCUT2D eigenvalue weighted by molar-refractivity contribution is 6.06. The van der Waals surface area contributed by atoms with Crippen molar-refractivity contribution in [3.8, 4) is 0 Å². The molecule has 2 N–H and O–H groups in total. The predicted molar refractivity (Wildman–Crippen MR) is 89.8 cm³/mol. The molecule has 0 aliphatic heterocycles. The van der Waals surface area contributed by atoms with Gasteiger partial charge in [-0.05, 0) is 18.9 Å². The number of hydrogen-bond donors (Lipinski definition) is 1. The van der Waals surface area contributed by atoms with Gasteiger partial charge in [0.25, 0.3) is 0 Å². The highest BCUT2D eigenvalue weighted by Crippen LogP contribution is 2.31. The zero-order valence-corrected chi connectivity index (χ0v) is 13.3. The third-order valence-corrected chi connectivity index (χ3v) is 4.06. The first-order valence-electron chi connectivity index (χ1n) is 7.72. The monoisotopic (exact) mass is 298 g/mol. The van der Waals surface area contributed by atoms with Crippen molar-refractivity contribution >= 4 is 27.8 Å². The van der Waals surface area contributed by atoms with Gasteiger partial charge in [-0.2, -0.15) is 0 Å². The van der Waals surface area contributed by atoms with E-state index < -0.39 is 0 Å². The number of ether oxygens (including phenoxy) is 1. The summed E-state index contributed by atoms with van der Waals surface area (Å²) < 4.78 is 7.87. The highest BCUT2D eigenvalue weighted by Gasteiger charge is 2.21. The van der Waals surface area contributed by atoms with Crippen molar-refractivity contribution in [1.82, 2.24) is 14.5 Å². The van der Waals surface area contributed by atoms with Crippen LogP contribution in [0.3, 0.4) is 0 Å². The third kappa shape index (κ3) is 2.41. The van der Waals surface area contributed by atoms with Crippen molar-refractivity contribution in [1.29, 1.82) is 0 Å². The molecule has 1 unspecified atom stereocenters. The van der Waals surface area contributed by atoms with E-state index in [1.807, 2.05) is 31.5 Å². The summed E-state index contributed by atoms with van der Waals surface area (Å²) in [4.78, 5) is 8.95. The average Bonchev–Trinajstić information content (AvgIpc) is 2.93. The lowest BCUT2D eigenvalue weighted by Crippen LogP contribution is -2.20. The summed E-state index contributed by atoms with van der Waals surface area (Å²) in [5.41, 5.74) is 8.80. The van der Waals surface area contributed by atoms with Crippen molar-refractivity contribution in [3.05, 3.63) is 30.6 Å². The first-order chi connectivity index (χ1) is 10.6. The summed E-state index contributed by atoms with van der Waals surface area (Å²) in [5, 5.41) is 1.08. The number of nitrogens with zero attached hydrogens (tertiary/aromatic N) is 3. The number of nitrogens with two attached hydrogens (primary N) is 1. The molecule has 5 nitrogen and oxygen atoms in total. The van der Waals surface area contributed by atoms with Crippen LogP contribution in [-0.2, 0) is 4.74 Å². The van der Waals surface area contributed by atoms with E-state index >= 15 is 0 Å². The topological polar surface area (TPSA) is 66.0 Å². The molecule has 1 aromatic carbocycles. The zero-order valence-electron chi connectivity index (χ0n) is 13.3. The van der Waals surface area contributed by atoms with Crippen LogP contribution < -0.4 is 5.73 Å². The summed E-state index contributed by atoms with van der Waals surface area (Å²) in [7, 11) is 0. The number of benzene rings is 1. The maximum atomic E-state index is 6.09. The molecular formula is C17H22N4O. The van der Waals surface area contributed by atoms with Gasteiger partial charge in [0.1, 0.15) is 5.52 Å². The molecule has 3 rings (SSSR count). The molecule has 1 atom stereocenters. The number of fused-ring (bicyclic) bond motifs is 3. The van der Waals surface area contributed by atoms with Gasteiger partial charge in [0.15, 0.2) is 5.82 Å². The van der Waals surface area contributed by atoms with E-state index in [-0.39, 0.29) is 6.04 Å². The fourth-order valence-electron chi connectivity index (χ4n) is 2.85. The van der Waals surface area contributed by atoms with Gasteiger partial charge in [-0.25, -0.2) is 9.97 Å². The van der Waals surface area contributed by atoms with Crippen LogP contribution in [0.5, 0.6) is 0 Å². The Balaban J connectivity index is 2.25. The summed E-state index contributed by atoms with van der Waals surface area (Å²) in [5.74, 6) is 0.906. The lowest BCUT2D eigenvalue weighted by molar-refractivity contribution is 0.0980. The molecule has 3 aromatic rings. The predicted octanol–water partition coefficient (Wildman–Crippen LogP) is 3.40. The number of rotatable bonds is 5. The van der Waals surface area contributed by atoms with E-state index in [2.05, 4.69) is 34.4 Å². The normalized spacial score (nSPS) is 13.3. The molecular weight excluding hydrogens is 276 g/mol. The Hall–Kier alpha value is -2.14. The molecule has 116 valence electrons. The molecule has 0 amide bonds. The number of aromatic nitrogens is 3. The van der Waals surface area contributed by atoms with Crippen molar-refractivity contribution in [2.45, 2.75) is 26.8 Å². The Bertz CT molecular complexity index is 794. The SMILES string of the molecule is CCOCC(C(C)C)n1cnc2c(N)nc3ccccc3c21. The summed E-state index contributed by atoms with van der Waals surface area (Å²) in [6.45, 7) is 7.78. The molecule has 0 aliphatic carbocycles. The Morgan fingerprint density at radius 1 is 1.27 bits per heavy atom. The van der Waals surface area contributed by atoms with Crippen LogP contribution in [0, 0.1) is 5.92 Å². The van der Waals surface area contributed by atoms with E-state index in [9.17, 15) is 0 Å². The quantitative estimate of drug-likeness (QED) is 0.784. The molecule has 2 aromatic heterocycles. The van der Waals surface area contributed by atoms with E-state index in [0.29, 0.717) is 24.9 Å². The molecule has 5 heteroatoms. The van der Waals surface area contributed by atoms with Gasteiger partial charge in [-0.3, -0.25) is 0 Å². The number of para-hydroxylation sites is 1. The maximum absolute atomic E-state index is 6.09. The van der Waals surface area contributed by atoms with Gasteiger partial charge in [0.05, 0.1) is 30.0 Å². The minimum Gasteiger partial charge on any atom is -0.382 e. The lowest BCUT2D eigenvalue weighted by atomic mass is 10.0. The maximum Gasteiger partial charge on any atom is 0.152 e. The molecule has 0 radical (unpaired) electrons. The average molecular weight is 298 g/mol. The fraction of sp³-hybridized carbons (Fsp3) is 0.412. The van der Waals surface area contributed by atoms with Gasteiger partial charge in [-0.15, -0.1) is 0 Å². The third-order valence-electron chi connectivity index (χ3n) is 4.06. The van der Waals surface area contributed by atoms with Gasteiger partial charge in [0, 0.05) is 12.0 Å². The first-order valence-corrected chi connectivity index (χ1v) is 7.72. The zero-order chi connectivity index (χ0) is 15.7. The number of imidazole rings is 1. The molecule has 22 heavy (non-hydrogen) atoms. The lowest BCUT2D eigenvalue weighted by Gasteiger charge is -2.23. The minimum atomic E-state index is 0.218. The van der Waals surface area contributed by atoms with E-state index in [0.717, 1.165) is 21.9 Å². The van der Waals surface area contributed by atoms with Crippen LogP contribution in [0.2, 0.25) is 0 Å². The molecule has 0 fully saturated rings. The number of pyridine rings is 1. The number of nitrogen functional groups attached to an aromatic ring is 1. The standard InChI is InChI=1S/C17H22N4O/c1-4-22-9-14(11(2)3)21-10-19-15-16(21)12-7-5-6-8-13(12)20-17(15)18/h5-8,10-11,14H,4,9H2,1-3H3,(H2,18,20). The smallest absolute Gasteiger partial charge is 0.152 e. The van der Waals surface area contributed by atoms with Gasteiger partial charge in [-0.1, -0.05) is 32.0 Å². The highest BCUT2D eigenvalue weighted by atomic mass is 16.5. The number of anilines is 1. The van der Waals surface area contributed by atoms with Crippen LogP contribution in [-0.4, -0.2) is 27.7 Å². The Kier molecular flexibility index (Phi) is 3.98. The summed E-state index contributed by atoms with van der Waals surface area (Å²) >= 11 is 0. The van der Waals surface area contributed by atoms with Gasteiger partial charge < -0.3 is 15.0 Å². The second-order valence-corrected chi connectivity index (χ2v) is 5.83. The molecule has 0 aliphatic rings. The van der Waals surface area contributed by atoms with Gasteiger partial charge >= 0.3 is 0 Å². The molecule has 0 spiro atoms. The van der Waals surface area contributed by atoms with Gasteiger partial charge in [0.2, 0.25) is 0 Å². The van der Waals surface area contributed by atoms with Crippen LogP contribution in [0.25, 0.3) is 21.9 Å². The second kappa shape index (κ2) is 5.93. The molecule has 0 bridgehead atoms. The van der Waals surface area contributed by atoms with E-state index in [4.69, 9.17) is 10.5 Å². The first kappa shape index (κ1) is 14.8. The largest absolute Gasteiger partial charge is 0.382 e. The van der Waals surface area contributed by atoms with Crippen molar-refractivity contribution in [2.75, 3.05) is 18.9 Å². The van der Waals surface area contributed by atoms with Crippen LogP contribution in [0.1, 0.15) is 26.8 Å². The Morgan fingerprint density at radius 3 is 2.77 bits per heavy atom. The van der Waals surface area contributed by atoms with E-state index in [1.54, 1.807) is 0 Å². The molecule has 2 heterocycles. The van der Waals surface area contributed by atoms with Crippen molar-refractivity contribution in [2.24, 2.45) is 5.92 Å². The summed E-state index contributed by atoms with van der Waals surface area (Å²) in [6, 6.07) is 8.26. The van der Waals surface area contributed by atoms with Crippen LogP contribution >= 0.6 is 0 Å². The molecule has 0 saturated carbocycles. The van der Waals surface area contributed by atoms with Crippen molar-refractivity contribution in [3.63, 3.8) is 0 Å². The summed E-state index contributed by atoms with van der Waals surface area (Å²) in [6.07, 6.45) is 1.86. The molecule has 0 saturated heterocycles. The second-order valence-electron chi connectivity index (χ2n) is 5.83. The number of hydrogen-bond acceptors (Lipinski definition) is 4. The van der Waals surface area contributed by atoms with Crippen molar-refractivity contribution < 1.29 is 4.74 Å². The Labute approximate surface area is 130 Å². The van der Waals surface area contributed by atoms with Crippen LogP contribution in [0.15, 0.2) is 30.6 Å². The minimum absolute atomic E-state index is 0.218. The Morgan fingerprint density at radius 2 is 2.05 bits per heavy atom. The van der Waals surface area contributed by atoms with Crippen LogP contribution in [0.4, 0.5) is 5.82 Å². The van der Waals surface area contributed by atoms with E-state index in [1.165, 1.54) is 0 Å².